The van der Waals surface area contributed by atoms with Crippen LogP contribution in [0.1, 0.15) is 18.7 Å². The lowest BCUT2D eigenvalue weighted by molar-refractivity contribution is -0.141. The van der Waals surface area contributed by atoms with Crippen LogP contribution in [0.25, 0.3) is 0 Å². The van der Waals surface area contributed by atoms with E-state index in [1.165, 1.54) is 18.3 Å². The summed E-state index contributed by atoms with van der Waals surface area (Å²) in [4.78, 5) is 14.4. The van der Waals surface area contributed by atoms with Gasteiger partial charge in [-0.2, -0.15) is 0 Å². The monoisotopic (exact) mass is 186 g/mol. The topological polar surface area (TPSA) is 65.2 Å². The Morgan fingerprint density at radius 3 is 3.17 bits per heavy atom. The highest BCUT2D eigenvalue weighted by atomic mass is 32.1. The number of carbonyl (C=O) groups is 1. The van der Waals surface area contributed by atoms with Crippen LogP contribution in [-0.4, -0.2) is 17.6 Å². The van der Waals surface area contributed by atoms with E-state index >= 15 is 0 Å². The van der Waals surface area contributed by atoms with E-state index in [1.807, 2.05) is 5.38 Å². The first-order valence-corrected chi connectivity index (χ1v) is 4.41. The Morgan fingerprint density at radius 1 is 1.92 bits per heavy atom. The predicted octanol–water partition coefficient (Wildman–Crippen LogP) is 0.706. The highest BCUT2D eigenvalue weighted by molar-refractivity contribution is 7.07. The SMILES string of the molecule is CC(=O)OCC(N)c1cscn1. The first kappa shape index (κ1) is 9.15. The minimum atomic E-state index is -0.319. The van der Waals surface area contributed by atoms with Crippen LogP contribution in [0.15, 0.2) is 10.9 Å². The maximum atomic E-state index is 10.4. The molecule has 0 saturated carbocycles. The lowest BCUT2D eigenvalue weighted by Crippen LogP contribution is -2.18. The number of esters is 1. The number of nitrogens with two attached hydrogens (primary N) is 1. The molecule has 0 spiro atoms. The predicted molar refractivity (Wildman–Crippen MR) is 45.7 cm³/mol. The van der Waals surface area contributed by atoms with Crippen molar-refractivity contribution in [2.24, 2.45) is 5.73 Å². The summed E-state index contributed by atoms with van der Waals surface area (Å²) >= 11 is 1.47. The largest absolute Gasteiger partial charge is 0.464 e. The molecule has 1 aromatic heterocycles. The van der Waals surface area contributed by atoms with Crippen molar-refractivity contribution in [3.05, 3.63) is 16.6 Å². The third-order valence-corrected chi connectivity index (χ3v) is 1.90. The molecule has 5 heteroatoms. The summed E-state index contributed by atoms with van der Waals surface area (Å²) in [6, 6.07) is -0.305. The van der Waals surface area contributed by atoms with Gasteiger partial charge in [0.15, 0.2) is 0 Å². The van der Waals surface area contributed by atoms with Gasteiger partial charge in [0.1, 0.15) is 6.61 Å². The lowest BCUT2D eigenvalue weighted by atomic mass is 10.3. The minimum absolute atomic E-state index is 0.194. The summed E-state index contributed by atoms with van der Waals surface area (Å²) in [6.07, 6.45) is 0. The van der Waals surface area contributed by atoms with E-state index < -0.39 is 0 Å². The molecule has 0 radical (unpaired) electrons. The summed E-state index contributed by atoms with van der Waals surface area (Å²) in [6.45, 7) is 1.55. The first-order valence-electron chi connectivity index (χ1n) is 3.47. The molecule has 0 aliphatic carbocycles. The molecule has 0 bridgehead atoms. The van der Waals surface area contributed by atoms with Crippen LogP contribution in [0.5, 0.6) is 0 Å². The Morgan fingerprint density at radius 2 is 2.67 bits per heavy atom. The van der Waals surface area contributed by atoms with Gasteiger partial charge < -0.3 is 10.5 Å². The molecule has 66 valence electrons. The highest BCUT2D eigenvalue weighted by Crippen LogP contribution is 2.09. The average Bonchev–Trinajstić information content (AvgIpc) is 2.51. The molecule has 0 fully saturated rings. The van der Waals surface area contributed by atoms with Crippen LogP contribution >= 0.6 is 11.3 Å². The molecular formula is C7H10N2O2S. The van der Waals surface area contributed by atoms with E-state index in [0.717, 1.165) is 5.69 Å². The van der Waals surface area contributed by atoms with Crippen molar-refractivity contribution >= 4 is 17.3 Å². The second-order valence-corrected chi connectivity index (χ2v) is 3.04. The zero-order chi connectivity index (χ0) is 8.97. The van der Waals surface area contributed by atoms with Crippen molar-refractivity contribution in [3.63, 3.8) is 0 Å². The molecule has 1 aromatic rings. The number of aromatic nitrogens is 1. The van der Waals surface area contributed by atoms with Crippen LogP contribution in [-0.2, 0) is 9.53 Å². The summed E-state index contributed by atoms with van der Waals surface area (Å²) in [7, 11) is 0. The van der Waals surface area contributed by atoms with E-state index in [1.54, 1.807) is 5.51 Å². The van der Waals surface area contributed by atoms with Crippen molar-refractivity contribution in [1.82, 2.24) is 4.98 Å². The maximum absolute atomic E-state index is 10.4. The van der Waals surface area contributed by atoms with Crippen molar-refractivity contribution in [3.8, 4) is 0 Å². The molecule has 0 amide bonds. The summed E-state index contributed by atoms with van der Waals surface area (Å²) < 4.78 is 4.73. The second kappa shape index (κ2) is 4.18. The molecule has 12 heavy (non-hydrogen) atoms. The minimum Gasteiger partial charge on any atom is -0.464 e. The van der Waals surface area contributed by atoms with Crippen molar-refractivity contribution in [2.75, 3.05) is 6.61 Å². The van der Waals surface area contributed by atoms with Crippen LogP contribution in [0.4, 0.5) is 0 Å². The van der Waals surface area contributed by atoms with Crippen molar-refractivity contribution in [1.29, 1.82) is 0 Å². The van der Waals surface area contributed by atoms with Gasteiger partial charge in [0.2, 0.25) is 0 Å². The number of thiazole rings is 1. The Kier molecular flexibility index (Phi) is 3.19. The third-order valence-electron chi connectivity index (χ3n) is 1.30. The van der Waals surface area contributed by atoms with Gasteiger partial charge in [0, 0.05) is 12.3 Å². The fraction of sp³-hybridized carbons (Fsp3) is 0.429. The maximum Gasteiger partial charge on any atom is 0.302 e. The molecule has 4 nitrogen and oxygen atoms in total. The van der Waals surface area contributed by atoms with Crippen molar-refractivity contribution in [2.45, 2.75) is 13.0 Å². The number of nitrogens with zero attached hydrogens (tertiary/aromatic N) is 1. The Labute approximate surface area is 74.4 Å². The molecule has 1 atom stereocenters. The zero-order valence-electron chi connectivity index (χ0n) is 6.69. The lowest BCUT2D eigenvalue weighted by Gasteiger charge is -2.07. The smallest absolute Gasteiger partial charge is 0.302 e. The number of ether oxygens (including phenoxy) is 1. The second-order valence-electron chi connectivity index (χ2n) is 2.32. The molecule has 1 unspecified atom stereocenters. The number of rotatable bonds is 3. The molecule has 1 rings (SSSR count). The Bertz CT molecular complexity index is 248. The van der Waals surface area contributed by atoms with Gasteiger partial charge >= 0.3 is 5.97 Å². The third kappa shape index (κ3) is 2.60. The van der Waals surface area contributed by atoms with E-state index in [4.69, 9.17) is 10.5 Å². The Balaban J connectivity index is 2.39. The van der Waals surface area contributed by atoms with E-state index in [0.29, 0.717) is 0 Å². The number of hydrogen-bond donors (Lipinski definition) is 1. The number of carbonyl (C=O) groups excluding carboxylic acids is 1. The molecule has 0 saturated heterocycles. The van der Waals surface area contributed by atoms with E-state index in [9.17, 15) is 4.79 Å². The van der Waals surface area contributed by atoms with Crippen LogP contribution in [0.2, 0.25) is 0 Å². The highest BCUT2D eigenvalue weighted by Gasteiger charge is 2.08. The molecular weight excluding hydrogens is 176 g/mol. The van der Waals surface area contributed by atoms with E-state index in [-0.39, 0.29) is 18.6 Å². The van der Waals surface area contributed by atoms with Gasteiger partial charge in [0.05, 0.1) is 17.2 Å². The van der Waals surface area contributed by atoms with Gasteiger partial charge in [-0.1, -0.05) is 0 Å². The van der Waals surface area contributed by atoms with Crippen LogP contribution in [0.3, 0.4) is 0 Å². The number of hydrogen-bond acceptors (Lipinski definition) is 5. The fourth-order valence-electron chi connectivity index (χ4n) is 0.698. The van der Waals surface area contributed by atoms with Crippen LogP contribution in [0, 0.1) is 0 Å². The molecule has 0 aliphatic heterocycles. The summed E-state index contributed by atoms with van der Waals surface area (Å²) in [5, 5.41) is 1.84. The zero-order valence-corrected chi connectivity index (χ0v) is 7.50. The van der Waals surface area contributed by atoms with Gasteiger partial charge in [0.25, 0.3) is 0 Å². The fourth-order valence-corrected chi connectivity index (χ4v) is 1.32. The molecule has 0 aromatic carbocycles. The molecule has 1 heterocycles. The van der Waals surface area contributed by atoms with Crippen LogP contribution < -0.4 is 5.73 Å². The first-order chi connectivity index (χ1) is 5.70. The van der Waals surface area contributed by atoms with Gasteiger partial charge in [-0.05, 0) is 0 Å². The molecule has 0 aliphatic rings. The van der Waals surface area contributed by atoms with Crippen molar-refractivity contribution < 1.29 is 9.53 Å². The summed E-state index contributed by atoms with van der Waals surface area (Å²) in [5.41, 5.74) is 8.12. The van der Waals surface area contributed by atoms with Gasteiger partial charge in [-0.25, -0.2) is 4.98 Å². The Hall–Kier alpha value is -0.940. The molecule has 2 N–H and O–H groups in total. The normalized spacial score (nSPS) is 12.5. The van der Waals surface area contributed by atoms with Gasteiger partial charge in [-0.15, -0.1) is 11.3 Å². The average molecular weight is 186 g/mol. The van der Waals surface area contributed by atoms with E-state index in [2.05, 4.69) is 4.98 Å². The standard InChI is InChI=1S/C7H10N2O2S/c1-5(10)11-2-6(8)7-3-12-4-9-7/h3-4,6H,2,8H2,1H3. The van der Waals surface area contributed by atoms with Gasteiger partial charge in [-0.3, -0.25) is 4.79 Å². The quantitative estimate of drug-likeness (QED) is 0.706. The summed E-state index contributed by atoms with van der Waals surface area (Å²) in [5.74, 6) is -0.319.